The standard InChI is InChI=1S/C21H20N2O5/c1-15(21(25)22-13-12-16-6-2-3-8-18(16)14-22)28-20(24)11-10-17-7-4-5-9-19(17)23(26)27/h2-11,15H,12-14H2,1H3/b11-10+/t15-/m1/s1. The van der Waals surface area contributed by atoms with E-state index in [9.17, 15) is 19.7 Å². The second-order valence-corrected chi connectivity index (χ2v) is 6.51. The van der Waals surface area contributed by atoms with Crippen LogP contribution in [0.4, 0.5) is 5.69 Å². The molecule has 1 aliphatic heterocycles. The van der Waals surface area contributed by atoms with Crippen LogP contribution >= 0.6 is 0 Å². The Balaban J connectivity index is 1.60. The van der Waals surface area contributed by atoms with Crippen molar-refractivity contribution in [2.45, 2.75) is 26.0 Å². The van der Waals surface area contributed by atoms with E-state index in [4.69, 9.17) is 4.74 Å². The van der Waals surface area contributed by atoms with E-state index in [0.29, 0.717) is 13.1 Å². The number of carbonyl (C=O) groups is 2. The first kappa shape index (κ1) is 19.3. The number of hydrogen-bond donors (Lipinski definition) is 0. The summed E-state index contributed by atoms with van der Waals surface area (Å²) in [5, 5.41) is 11.0. The normalized spacial score (nSPS) is 14.4. The molecule has 0 unspecified atom stereocenters. The number of nitro benzene ring substituents is 1. The maximum absolute atomic E-state index is 12.6. The topological polar surface area (TPSA) is 89.7 Å². The number of benzene rings is 2. The first-order chi connectivity index (χ1) is 13.5. The number of carbonyl (C=O) groups excluding carboxylic acids is 2. The molecule has 1 atom stereocenters. The van der Waals surface area contributed by atoms with Crippen molar-refractivity contribution in [1.29, 1.82) is 0 Å². The monoisotopic (exact) mass is 380 g/mol. The van der Waals surface area contributed by atoms with Crippen LogP contribution in [0.1, 0.15) is 23.6 Å². The summed E-state index contributed by atoms with van der Waals surface area (Å²) in [4.78, 5) is 36.8. The fourth-order valence-corrected chi connectivity index (χ4v) is 3.16. The third kappa shape index (κ3) is 4.43. The predicted octanol–water partition coefficient (Wildman–Crippen LogP) is 3.12. The summed E-state index contributed by atoms with van der Waals surface area (Å²) < 4.78 is 5.19. The van der Waals surface area contributed by atoms with Gasteiger partial charge in [-0.25, -0.2) is 4.79 Å². The highest BCUT2D eigenvalue weighted by Gasteiger charge is 2.26. The molecule has 2 aromatic carbocycles. The molecule has 0 bridgehead atoms. The number of amides is 1. The van der Waals surface area contributed by atoms with E-state index in [1.807, 2.05) is 24.3 Å². The van der Waals surface area contributed by atoms with Gasteiger partial charge in [0.2, 0.25) is 0 Å². The summed E-state index contributed by atoms with van der Waals surface area (Å²) in [5.74, 6) is -0.988. The molecular weight excluding hydrogens is 360 g/mol. The highest BCUT2D eigenvalue weighted by Crippen LogP contribution is 2.20. The van der Waals surface area contributed by atoms with Crippen LogP contribution in [-0.4, -0.2) is 34.3 Å². The molecule has 0 N–H and O–H groups in total. The quantitative estimate of drug-likeness (QED) is 0.344. The lowest BCUT2D eigenvalue weighted by Crippen LogP contribution is -2.42. The van der Waals surface area contributed by atoms with Gasteiger partial charge in [0.25, 0.3) is 11.6 Å². The fraction of sp³-hybridized carbons (Fsp3) is 0.238. The zero-order valence-electron chi connectivity index (χ0n) is 15.4. The number of esters is 1. The molecule has 7 heteroatoms. The molecule has 0 saturated carbocycles. The van der Waals surface area contributed by atoms with Crippen molar-refractivity contribution in [2.24, 2.45) is 0 Å². The van der Waals surface area contributed by atoms with Crippen LogP contribution in [0.15, 0.2) is 54.6 Å². The van der Waals surface area contributed by atoms with E-state index >= 15 is 0 Å². The van der Waals surface area contributed by atoms with Gasteiger partial charge in [0.05, 0.1) is 10.5 Å². The van der Waals surface area contributed by atoms with E-state index < -0.39 is 17.0 Å². The van der Waals surface area contributed by atoms with Crippen molar-refractivity contribution >= 4 is 23.6 Å². The van der Waals surface area contributed by atoms with E-state index in [1.54, 1.807) is 17.0 Å². The molecule has 0 spiro atoms. The molecule has 3 rings (SSSR count). The number of rotatable bonds is 5. The zero-order valence-corrected chi connectivity index (χ0v) is 15.4. The molecule has 0 saturated heterocycles. The first-order valence-electron chi connectivity index (χ1n) is 8.93. The van der Waals surface area contributed by atoms with Crippen molar-refractivity contribution in [3.63, 3.8) is 0 Å². The molecule has 0 aliphatic carbocycles. The molecule has 0 radical (unpaired) electrons. The summed E-state index contributed by atoms with van der Waals surface area (Å²) in [7, 11) is 0. The third-order valence-corrected chi connectivity index (χ3v) is 4.62. The average Bonchev–Trinajstić information content (AvgIpc) is 2.71. The van der Waals surface area contributed by atoms with Gasteiger partial charge < -0.3 is 9.64 Å². The second-order valence-electron chi connectivity index (χ2n) is 6.51. The minimum absolute atomic E-state index is 0.109. The Morgan fingerprint density at radius 3 is 2.57 bits per heavy atom. The molecule has 0 aromatic heterocycles. The Morgan fingerprint density at radius 1 is 1.14 bits per heavy atom. The lowest BCUT2D eigenvalue weighted by atomic mass is 9.99. The molecule has 144 valence electrons. The van der Waals surface area contributed by atoms with Gasteiger partial charge in [-0.3, -0.25) is 14.9 Å². The maximum Gasteiger partial charge on any atom is 0.331 e. The zero-order chi connectivity index (χ0) is 20.1. The maximum atomic E-state index is 12.6. The second kappa shape index (κ2) is 8.47. The van der Waals surface area contributed by atoms with Crippen molar-refractivity contribution < 1.29 is 19.2 Å². The summed E-state index contributed by atoms with van der Waals surface area (Å²) >= 11 is 0. The van der Waals surface area contributed by atoms with Crippen molar-refractivity contribution in [3.8, 4) is 0 Å². The highest BCUT2D eigenvalue weighted by atomic mass is 16.6. The predicted molar refractivity (Wildman–Crippen MR) is 103 cm³/mol. The molecule has 7 nitrogen and oxygen atoms in total. The van der Waals surface area contributed by atoms with Crippen LogP contribution in [-0.2, 0) is 27.3 Å². The molecule has 1 aliphatic rings. The van der Waals surface area contributed by atoms with Crippen LogP contribution in [0.2, 0.25) is 0 Å². The van der Waals surface area contributed by atoms with Crippen molar-refractivity contribution in [2.75, 3.05) is 6.54 Å². The summed E-state index contributed by atoms with van der Waals surface area (Å²) in [6.07, 6.45) is 2.24. The van der Waals surface area contributed by atoms with Gasteiger partial charge in [-0.2, -0.15) is 0 Å². The van der Waals surface area contributed by atoms with Gasteiger partial charge in [0.15, 0.2) is 6.10 Å². The number of hydrogen-bond acceptors (Lipinski definition) is 5. The van der Waals surface area contributed by atoms with Crippen LogP contribution in [0.3, 0.4) is 0 Å². The third-order valence-electron chi connectivity index (χ3n) is 4.62. The smallest absolute Gasteiger partial charge is 0.331 e. The van der Waals surface area contributed by atoms with E-state index in [-0.39, 0.29) is 17.2 Å². The van der Waals surface area contributed by atoms with E-state index in [0.717, 1.165) is 18.1 Å². The Labute approximate surface area is 162 Å². The summed E-state index contributed by atoms with van der Waals surface area (Å²) in [6, 6.07) is 14.0. The van der Waals surface area contributed by atoms with Gasteiger partial charge in [0.1, 0.15) is 0 Å². The largest absolute Gasteiger partial charge is 0.449 e. The Kier molecular flexibility index (Phi) is 5.84. The van der Waals surface area contributed by atoms with E-state index in [1.165, 1.54) is 30.7 Å². The SMILES string of the molecule is C[C@@H](OC(=O)/C=C/c1ccccc1[N+](=O)[O-])C(=O)N1CCc2ccccc2C1. The Morgan fingerprint density at radius 2 is 1.82 bits per heavy atom. The van der Waals surface area contributed by atoms with Gasteiger partial charge in [-0.05, 0) is 36.6 Å². The molecule has 2 aromatic rings. The lowest BCUT2D eigenvalue weighted by molar-refractivity contribution is -0.385. The number of fused-ring (bicyclic) bond motifs is 1. The fourth-order valence-electron chi connectivity index (χ4n) is 3.16. The van der Waals surface area contributed by atoms with Crippen LogP contribution in [0.5, 0.6) is 0 Å². The minimum Gasteiger partial charge on any atom is -0.449 e. The van der Waals surface area contributed by atoms with Gasteiger partial charge in [-0.1, -0.05) is 36.4 Å². The number of ether oxygens (including phenoxy) is 1. The molecule has 1 heterocycles. The highest BCUT2D eigenvalue weighted by molar-refractivity contribution is 5.91. The summed E-state index contributed by atoms with van der Waals surface area (Å²) in [5.41, 5.74) is 2.50. The van der Waals surface area contributed by atoms with Crippen LogP contribution in [0, 0.1) is 10.1 Å². The Bertz CT molecular complexity index is 938. The average molecular weight is 380 g/mol. The minimum atomic E-state index is -0.937. The van der Waals surface area contributed by atoms with Gasteiger partial charge in [-0.15, -0.1) is 0 Å². The number of nitrogens with zero attached hydrogens (tertiary/aromatic N) is 2. The molecule has 28 heavy (non-hydrogen) atoms. The van der Waals surface area contributed by atoms with Gasteiger partial charge in [0, 0.05) is 25.2 Å². The first-order valence-corrected chi connectivity index (χ1v) is 8.93. The number of para-hydroxylation sites is 1. The molecular formula is C21H20N2O5. The lowest BCUT2D eigenvalue weighted by Gasteiger charge is -2.30. The van der Waals surface area contributed by atoms with Crippen molar-refractivity contribution in [3.05, 3.63) is 81.4 Å². The van der Waals surface area contributed by atoms with E-state index in [2.05, 4.69) is 0 Å². The van der Waals surface area contributed by atoms with Crippen molar-refractivity contribution in [1.82, 2.24) is 4.90 Å². The van der Waals surface area contributed by atoms with Crippen LogP contribution in [0.25, 0.3) is 6.08 Å². The number of nitro groups is 1. The molecule has 0 fully saturated rings. The van der Waals surface area contributed by atoms with Crippen LogP contribution < -0.4 is 0 Å². The van der Waals surface area contributed by atoms with Gasteiger partial charge >= 0.3 is 5.97 Å². The molecule has 1 amide bonds. The summed E-state index contributed by atoms with van der Waals surface area (Å²) in [6.45, 7) is 2.59. The Hall–Kier alpha value is -3.48.